The lowest BCUT2D eigenvalue weighted by atomic mass is 10.3. The Bertz CT molecular complexity index is 528. The Hall–Kier alpha value is -1.40. The summed E-state index contributed by atoms with van der Waals surface area (Å²) in [4.78, 5) is 16.8. The normalized spacial score (nSPS) is 10.2. The molecular formula is C11H10BrN3OS. The third-order valence-electron chi connectivity index (χ3n) is 2.04. The van der Waals surface area contributed by atoms with Crippen molar-refractivity contribution in [1.82, 2.24) is 4.98 Å². The van der Waals surface area contributed by atoms with Crippen LogP contribution in [0.1, 0.15) is 4.88 Å². The van der Waals surface area contributed by atoms with Gasteiger partial charge < -0.3 is 11.1 Å². The van der Waals surface area contributed by atoms with Crippen molar-refractivity contribution in [2.24, 2.45) is 0 Å². The van der Waals surface area contributed by atoms with Crippen LogP contribution in [0.3, 0.4) is 0 Å². The number of amides is 1. The average Bonchev–Trinajstić information content (AvgIpc) is 2.75. The molecule has 1 amide bonds. The molecule has 0 aliphatic rings. The molecule has 0 spiro atoms. The molecule has 2 heterocycles. The van der Waals surface area contributed by atoms with Crippen LogP contribution in [-0.2, 0) is 11.2 Å². The lowest BCUT2D eigenvalue weighted by molar-refractivity contribution is -0.115. The second-order valence-corrected chi connectivity index (χ2v) is 5.29. The van der Waals surface area contributed by atoms with E-state index in [0.29, 0.717) is 22.4 Å². The second-order valence-electron chi connectivity index (χ2n) is 3.40. The summed E-state index contributed by atoms with van der Waals surface area (Å²) in [5, 5.41) is 4.67. The maximum atomic E-state index is 11.7. The van der Waals surface area contributed by atoms with E-state index in [4.69, 9.17) is 5.73 Å². The van der Waals surface area contributed by atoms with Crippen LogP contribution < -0.4 is 11.1 Å². The Kier molecular flexibility index (Phi) is 3.75. The van der Waals surface area contributed by atoms with Gasteiger partial charge in [0, 0.05) is 4.88 Å². The fraction of sp³-hybridized carbons (Fsp3) is 0.0909. The SMILES string of the molecule is Nc1cnc(NC(=O)Cc2cccs2)c(Br)c1. The second kappa shape index (κ2) is 5.29. The zero-order chi connectivity index (χ0) is 12.3. The molecule has 0 saturated carbocycles. The van der Waals surface area contributed by atoms with Gasteiger partial charge in [-0.15, -0.1) is 11.3 Å². The molecule has 0 aliphatic carbocycles. The predicted molar refractivity (Wildman–Crippen MR) is 73.0 cm³/mol. The van der Waals surface area contributed by atoms with Gasteiger partial charge in [-0.25, -0.2) is 4.98 Å². The molecule has 0 atom stereocenters. The van der Waals surface area contributed by atoms with Crippen LogP contribution in [0.2, 0.25) is 0 Å². The van der Waals surface area contributed by atoms with E-state index < -0.39 is 0 Å². The molecule has 2 aromatic rings. The van der Waals surface area contributed by atoms with Crippen molar-refractivity contribution in [2.75, 3.05) is 11.1 Å². The van der Waals surface area contributed by atoms with Crippen molar-refractivity contribution in [1.29, 1.82) is 0 Å². The first-order valence-corrected chi connectivity index (χ1v) is 6.55. The predicted octanol–water partition coefficient (Wildman–Crippen LogP) is 2.67. The van der Waals surface area contributed by atoms with Gasteiger partial charge in [0.25, 0.3) is 0 Å². The van der Waals surface area contributed by atoms with E-state index in [9.17, 15) is 4.79 Å². The number of nitrogen functional groups attached to an aromatic ring is 1. The van der Waals surface area contributed by atoms with Crippen LogP contribution in [0.4, 0.5) is 11.5 Å². The van der Waals surface area contributed by atoms with Crippen LogP contribution in [0.25, 0.3) is 0 Å². The van der Waals surface area contributed by atoms with E-state index >= 15 is 0 Å². The quantitative estimate of drug-likeness (QED) is 0.915. The highest BCUT2D eigenvalue weighted by Crippen LogP contribution is 2.22. The van der Waals surface area contributed by atoms with Crippen molar-refractivity contribution >= 4 is 44.7 Å². The Labute approximate surface area is 111 Å². The topological polar surface area (TPSA) is 68.0 Å². The van der Waals surface area contributed by atoms with E-state index in [-0.39, 0.29) is 5.91 Å². The molecular weight excluding hydrogens is 302 g/mol. The number of nitrogens with two attached hydrogens (primary N) is 1. The molecule has 2 rings (SSSR count). The minimum atomic E-state index is -0.0922. The number of rotatable bonds is 3. The van der Waals surface area contributed by atoms with Gasteiger partial charge in [0.1, 0.15) is 5.82 Å². The number of nitrogens with one attached hydrogen (secondary N) is 1. The summed E-state index contributed by atoms with van der Waals surface area (Å²) in [6.45, 7) is 0. The number of thiophene rings is 1. The van der Waals surface area contributed by atoms with Crippen LogP contribution >= 0.6 is 27.3 Å². The van der Waals surface area contributed by atoms with Gasteiger partial charge in [-0.3, -0.25) is 4.79 Å². The highest BCUT2D eigenvalue weighted by molar-refractivity contribution is 9.10. The molecule has 0 radical (unpaired) electrons. The molecule has 0 aliphatic heterocycles. The highest BCUT2D eigenvalue weighted by Gasteiger charge is 2.08. The Morgan fingerprint density at radius 2 is 2.41 bits per heavy atom. The molecule has 0 bridgehead atoms. The number of aromatic nitrogens is 1. The Balaban J connectivity index is 2.03. The maximum Gasteiger partial charge on any atom is 0.230 e. The average molecular weight is 312 g/mol. The largest absolute Gasteiger partial charge is 0.397 e. The van der Waals surface area contributed by atoms with Crippen LogP contribution in [-0.4, -0.2) is 10.9 Å². The van der Waals surface area contributed by atoms with Gasteiger partial charge in [0.05, 0.1) is 22.8 Å². The first kappa shape index (κ1) is 12.1. The number of hydrogen-bond acceptors (Lipinski definition) is 4. The van der Waals surface area contributed by atoms with E-state index in [2.05, 4.69) is 26.2 Å². The molecule has 17 heavy (non-hydrogen) atoms. The lowest BCUT2D eigenvalue weighted by Crippen LogP contribution is -2.15. The number of hydrogen-bond donors (Lipinski definition) is 2. The molecule has 88 valence electrons. The zero-order valence-corrected chi connectivity index (χ0v) is 11.2. The van der Waals surface area contributed by atoms with Gasteiger partial charge >= 0.3 is 0 Å². The molecule has 6 heteroatoms. The molecule has 4 nitrogen and oxygen atoms in total. The smallest absolute Gasteiger partial charge is 0.230 e. The Morgan fingerprint density at radius 3 is 3.06 bits per heavy atom. The summed E-state index contributed by atoms with van der Waals surface area (Å²) < 4.78 is 0.678. The van der Waals surface area contributed by atoms with Gasteiger partial charge in [-0.05, 0) is 33.4 Å². The van der Waals surface area contributed by atoms with Crippen LogP contribution in [0.5, 0.6) is 0 Å². The van der Waals surface area contributed by atoms with E-state index in [1.54, 1.807) is 17.4 Å². The summed E-state index contributed by atoms with van der Waals surface area (Å²) in [7, 11) is 0. The number of pyridine rings is 1. The van der Waals surface area contributed by atoms with Crippen molar-refractivity contribution in [2.45, 2.75) is 6.42 Å². The monoisotopic (exact) mass is 311 g/mol. The highest BCUT2D eigenvalue weighted by atomic mass is 79.9. The van der Waals surface area contributed by atoms with Gasteiger partial charge in [0.2, 0.25) is 5.91 Å². The zero-order valence-electron chi connectivity index (χ0n) is 8.81. The van der Waals surface area contributed by atoms with E-state index in [1.165, 1.54) is 6.20 Å². The van der Waals surface area contributed by atoms with Gasteiger partial charge in [-0.2, -0.15) is 0 Å². The van der Waals surface area contributed by atoms with Crippen molar-refractivity contribution in [3.63, 3.8) is 0 Å². The van der Waals surface area contributed by atoms with Crippen molar-refractivity contribution in [3.05, 3.63) is 39.1 Å². The van der Waals surface area contributed by atoms with Crippen molar-refractivity contribution < 1.29 is 4.79 Å². The Morgan fingerprint density at radius 1 is 1.59 bits per heavy atom. The number of nitrogens with zero attached hydrogens (tertiary/aromatic N) is 1. The number of halogens is 1. The summed E-state index contributed by atoms with van der Waals surface area (Å²) in [5.41, 5.74) is 6.11. The number of carbonyl (C=O) groups excluding carboxylic acids is 1. The number of anilines is 2. The minimum Gasteiger partial charge on any atom is -0.397 e. The molecule has 0 saturated heterocycles. The summed E-state index contributed by atoms with van der Waals surface area (Å²) >= 11 is 4.85. The minimum absolute atomic E-state index is 0.0922. The summed E-state index contributed by atoms with van der Waals surface area (Å²) in [5.74, 6) is 0.395. The lowest BCUT2D eigenvalue weighted by Gasteiger charge is -2.06. The van der Waals surface area contributed by atoms with Crippen LogP contribution in [0.15, 0.2) is 34.2 Å². The summed E-state index contributed by atoms with van der Waals surface area (Å²) in [6.07, 6.45) is 1.86. The first-order chi connectivity index (χ1) is 8.15. The third kappa shape index (κ3) is 3.28. The molecule has 3 N–H and O–H groups in total. The van der Waals surface area contributed by atoms with Gasteiger partial charge in [-0.1, -0.05) is 6.07 Å². The van der Waals surface area contributed by atoms with E-state index in [0.717, 1.165) is 4.88 Å². The molecule has 0 fully saturated rings. The fourth-order valence-corrected chi connectivity index (χ4v) is 2.46. The first-order valence-electron chi connectivity index (χ1n) is 4.88. The molecule has 0 aromatic carbocycles. The standard InChI is InChI=1S/C11H10BrN3OS/c12-9-4-7(13)6-14-11(9)15-10(16)5-8-2-1-3-17-8/h1-4,6H,5,13H2,(H,14,15,16). The van der Waals surface area contributed by atoms with Gasteiger partial charge in [0.15, 0.2) is 0 Å². The molecule has 0 unspecified atom stereocenters. The summed E-state index contributed by atoms with van der Waals surface area (Å²) in [6, 6.07) is 5.55. The van der Waals surface area contributed by atoms with Crippen molar-refractivity contribution in [3.8, 4) is 0 Å². The third-order valence-corrected chi connectivity index (χ3v) is 3.52. The number of carbonyl (C=O) groups is 1. The van der Waals surface area contributed by atoms with Crippen LogP contribution in [0, 0.1) is 0 Å². The maximum absolute atomic E-state index is 11.7. The fourth-order valence-electron chi connectivity index (χ4n) is 1.29. The molecule has 2 aromatic heterocycles. The van der Waals surface area contributed by atoms with E-state index in [1.807, 2.05) is 17.5 Å².